The summed E-state index contributed by atoms with van der Waals surface area (Å²) in [5.74, 6) is -0.00125. The van der Waals surface area contributed by atoms with Gasteiger partial charge in [-0.15, -0.1) is 0 Å². The molecular weight excluding hydrogens is 569 g/mol. The van der Waals surface area contributed by atoms with Crippen molar-refractivity contribution >= 4 is 6.09 Å². The topological polar surface area (TPSA) is 38.8 Å². The van der Waals surface area contributed by atoms with E-state index in [0.717, 1.165) is 49.1 Å². The fourth-order valence-corrected chi connectivity index (χ4v) is 5.71. The number of carbonyl (C=O) groups is 1. The summed E-state index contributed by atoms with van der Waals surface area (Å²) in [7, 11) is 1.43. The highest BCUT2D eigenvalue weighted by Crippen LogP contribution is 2.45. The summed E-state index contributed by atoms with van der Waals surface area (Å²) in [6, 6.07) is 3.01. The summed E-state index contributed by atoms with van der Waals surface area (Å²) in [5.41, 5.74) is -4.13. The first-order valence-corrected chi connectivity index (χ1v) is 13.0. The zero-order chi connectivity index (χ0) is 30.3. The molecule has 2 aromatic carbocycles. The number of benzene rings is 2. The van der Waals surface area contributed by atoms with Gasteiger partial charge in [0, 0.05) is 19.2 Å². The highest BCUT2D eigenvalue weighted by molar-refractivity contribution is 5.71. The maximum atomic E-state index is 13.7. The first kappa shape index (κ1) is 31.0. The van der Waals surface area contributed by atoms with Crippen LogP contribution in [0.4, 0.5) is 44.3 Å². The standard InChI is InChI=1S/C28H28F9NO3/c1-15-23(22-13-18(26(29,30)31)8-9-21(22)24(40-2)17-6-4-3-5-7-17)41-25(39)38(15)14-16-10-19(27(32,33)34)12-20(11-16)28(35,36)37/h8-13,15,17,23-24H,3-7,14H2,1-2H3/t15-,23+,24+/m1/s1. The van der Waals surface area contributed by atoms with Gasteiger partial charge in [-0.05, 0) is 67.1 Å². The van der Waals surface area contributed by atoms with Gasteiger partial charge in [0.25, 0.3) is 0 Å². The van der Waals surface area contributed by atoms with Gasteiger partial charge in [-0.2, -0.15) is 39.5 Å². The zero-order valence-electron chi connectivity index (χ0n) is 22.1. The number of carbonyl (C=O) groups excluding carboxylic acids is 1. The van der Waals surface area contributed by atoms with Crippen LogP contribution in [-0.4, -0.2) is 24.1 Å². The molecule has 3 atom stereocenters. The van der Waals surface area contributed by atoms with Crippen molar-refractivity contribution in [2.24, 2.45) is 5.92 Å². The van der Waals surface area contributed by atoms with Crippen LogP contribution < -0.4 is 0 Å². The summed E-state index contributed by atoms with van der Waals surface area (Å²) in [4.78, 5) is 13.8. The number of methoxy groups -OCH3 is 1. The van der Waals surface area contributed by atoms with Crippen LogP contribution >= 0.6 is 0 Å². The molecule has 0 spiro atoms. The first-order chi connectivity index (χ1) is 19.0. The predicted molar refractivity (Wildman–Crippen MR) is 128 cm³/mol. The summed E-state index contributed by atoms with van der Waals surface area (Å²) in [6.07, 6.45) is -13.5. The van der Waals surface area contributed by atoms with Gasteiger partial charge in [-0.1, -0.05) is 25.3 Å². The van der Waals surface area contributed by atoms with Crippen LogP contribution in [0.2, 0.25) is 0 Å². The Kier molecular flexibility index (Phi) is 8.60. The van der Waals surface area contributed by atoms with Crippen molar-refractivity contribution in [3.63, 3.8) is 0 Å². The molecule has 0 unspecified atom stereocenters. The van der Waals surface area contributed by atoms with Gasteiger partial charge in [-0.25, -0.2) is 4.79 Å². The average Bonchev–Trinajstić information content (AvgIpc) is 3.16. The molecule has 226 valence electrons. The average molecular weight is 598 g/mol. The number of alkyl halides is 9. The van der Waals surface area contributed by atoms with E-state index in [1.807, 2.05) is 0 Å². The third-order valence-electron chi connectivity index (χ3n) is 7.75. The molecule has 2 aromatic rings. The van der Waals surface area contributed by atoms with Gasteiger partial charge in [0.1, 0.15) is 6.10 Å². The lowest BCUT2D eigenvalue weighted by Crippen LogP contribution is -2.32. The Balaban J connectivity index is 1.72. The number of ether oxygens (including phenoxy) is 2. The minimum atomic E-state index is -5.09. The second-order valence-corrected chi connectivity index (χ2v) is 10.5. The third-order valence-corrected chi connectivity index (χ3v) is 7.75. The van der Waals surface area contributed by atoms with Crippen LogP contribution in [0.25, 0.3) is 0 Å². The largest absolute Gasteiger partial charge is 0.439 e. The maximum Gasteiger partial charge on any atom is 0.416 e. The minimum Gasteiger partial charge on any atom is -0.439 e. The highest BCUT2D eigenvalue weighted by Gasteiger charge is 2.44. The van der Waals surface area contributed by atoms with Gasteiger partial charge < -0.3 is 9.47 Å². The molecule has 13 heteroatoms. The van der Waals surface area contributed by atoms with Gasteiger partial charge in [0.05, 0.1) is 28.8 Å². The third kappa shape index (κ3) is 6.76. The molecule has 1 aliphatic heterocycles. The SMILES string of the molecule is CO[C@H](c1ccc(C(F)(F)F)cc1[C@H]1OC(=O)N(Cc2cc(C(F)(F)F)cc(C(F)(F)F)c2)[C@@H]1C)C1CCCCC1. The minimum absolute atomic E-state index is 0.00125. The fourth-order valence-electron chi connectivity index (χ4n) is 5.71. The zero-order valence-corrected chi connectivity index (χ0v) is 22.1. The number of hydrogen-bond acceptors (Lipinski definition) is 3. The number of hydrogen-bond donors (Lipinski definition) is 0. The molecule has 1 saturated carbocycles. The molecule has 0 radical (unpaired) electrons. The molecule has 41 heavy (non-hydrogen) atoms. The van der Waals surface area contributed by atoms with Crippen molar-refractivity contribution in [2.75, 3.05) is 7.11 Å². The molecule has 4 nitrogen and oxygen atoms in total. The quantitative estimate of drug-likeness (QED) is 0.312. The number of nitrogens with zero attached hydrogens (tertiary/aromatic N) is 1. The van der Waals surface area contributed by atoms with E-state index in [1.54, 1.807) is 0 Å². The summed E-state index contributed by atoms with van der Waals surface area (Å²) >= 11 is 0. The summed E-state index contributed by atoms with van der Waals surface area (Å²) in [5, 5.41) is 0. The van der Waals surface area contributed by atoms with E-state index in [0.29, 0.717) is 17.7 Å². The molecule has 0 aromatic heterocycles. The molecule has 2 aliphatic rings. The lowest BCUT2D eigenvalue weighted by atomic mass is 9.80. The fraction of sp³-hybridized carbons (Fsp3) is 0.536. The van der Waals surface area contributed by atoms with Crippen molar-refractivity contribution in [3.8, 4) is 0 Å². The van der Waals surface area contributed by atoms with Gasteiger partial charge in [0.15, 0.2) is 0 Å². The van der Waals surface area contributed by atoms with Crippen LogP contribution in [0.5, 0.6) is 0 Å². The van der Waals surface area contributed by atoms with Gasteiger partial charge in [0.2, 0.25) is 0 Å². The molecule has 1 aliphatic carbocycles. The van der Waals surface area contributed by atoms with E-state index < -0.39 is 71.7 Å². The van der Waals surface area contributed by atoms with E-state index in [9.17, 15) is 44.3 Å². The van der Waals surface area contributed by atoms with E-state index in [2.05, 4.69) is 0 Å². The second kappa shape index (κ2) is 11.4. The van der Waals surface area contributed by atoms with Gasteiger partial charge >= 0.3 is 24.6 Å². The van der Waals surface area contributed by atoms with Crippen LogP contribution in [-0.2, 0) is 34.5 Å². The van der Waals surface area contributed by atoms with Crippen molar-refractivity contribution in [1.29, 1.82) is 0 Å². The Bertz CT molecular complexity index is 1220. The highest BCUT2D eigenvalue weighted by atomic mass is 19.4. The molecule has 4 rings (SSSR count). The van der Waals surface area contributed by atoms with E-state index >= 15 is 0 Å². The molecule has 0 N–H and O–H groups in total. The van der Waals surface area contributed by atoms with Crippen molar-refractivity contribution in [2.45, 2.75) is 82.4 Å². The van der Waals surface area contributed by atoms with E-state index in [1.165, 1.54) is 20.1 Å². The van der Waals surface area contributed by atoms with E-state index in [4.69, 9.17) is 9.47 Å². The summed E-state index contributed by atoms with van der Waals surface area (Å²) in [6.45, 7) is 0.731. The number of cyclic esters (lactones) is 1. The Morgan fingerprint density at radius 1 is 0.854 bits per heavy atom. The smallest absolute Gasteiger partial charge is 0.416 e. The predicted octanol–water partition coefficient (Wildman–Crippen LogP) is 9.09. The number of halogens is 9. The second-order valence-electron chi connectivity index (χ2n) is 10.5. The lowest BCUT2D eigenvalue weighted by molar-refractivity contribution is -0.143. The number of rotatable bonds is 6. The molecule has 1 heterocycles. The van der Waals surface area contributed by atoms with Crippen LogP contribution in [0.3, 0.4) is 0 Å². The molecule has 1 amide bonds. The van der Waals surface area contributed by atoms with Crippen molar-refractivity contribution in [3.05, 3.63) is 69.8 Å². The maximum absolute atomic E-state index is 13.7. The first-order valence-electron chi connectivity index (χ1n) is 13.0. The van der Waals surface area contributed by atoms with Crippen LogP contribution in [0.15, 0.2) is 36.4 Å². The van der Waals surface area contributed by atoms with Crippen molar-refractivity contribution in [1.82, 2.24) is 4.90 Å². The van der Waals surface area contributed by atoms with Crippen LogP contribution in [0, 0.1) is 5.92 Å². The Morgan fingerprint density at radius 2 is 1.41 bits per heavy atom. The Labute approximate surface area is 230 Å². The normalized spacial score (nSPS) is 21.7. The van der Waals surface area contributed by atoms with E-state index in [-0.39, 0.29) is 17.5 Å². The summed E-state index contributed by atoms with van der Waals surface area (Å²) < 4.78 is 132. The number of amides is 1. The Hall–Kier alpha value is -2.96. The molecule has 2 fully saturated rings. The van der Waals surface area contributed by atoms with Crippen molar-refractivity contribution < 1.29 is 53.8 Å². The lowest BCUT2D eigenvalue weighted by Gasteiger charge is -2.32. The monoisotopic (exact) mass is 597 g/mol. The van der Waals surface area contributed by atoms with Gasteiger partial charge in [-0.3, -0.25) is 4.90 Å². The Morgan fingerprint density at radius 3 is 1.93 bits per heavy atom. The van der Waals surface area contributed by atoms with Crippen LogP contribution in [0.1, 0.15) is 84.6 Å². The molecule has 1 saturated heterocycles. The molecule has 0 bridgehead atoms. The molecular formula is C28H28F9NO3.